The molecule has 0 aliphatic heterocycles. The summed E-state index contributed by atoms with van der Waals surface area (Å²) in [6.07, 6.45) is 8.40. The highest BCUT2D eigenvalue weighted by molar-refractivity contribution is 7.60. The fourth-order valence-electron chi connectivity index (χ4n) is 3.71. The Morgan fingerprint density at radius 3 is 2.44 bits per heavy atom. The predicted octanol–water partition coefficient (Wildman–Crippen LogP) is 2.64. The normalized spacial score (nSPS) is 22.1. The van der Waals surface area contributed by atoms with Gasteiger partial charge in [0.1, 0.15) is 0 Å². The minimum Gasteiger partial charge on any atom is -0.321 e. The van der Waals surface area contributed by atoms with Crippen molar-refractivity contribution in [3.8, 4) is 0 Å². The zero-order valence-electron chi connectivity index (χ0n) is 10.4. The first kappa shape index (κ1) is 12.4. The van der Waals surface area contributed by atoms with Crippen LogP contribution in [0.4, 0.5) is 0 Å². The average molecular weight is 266 g/mol. The van der Waals surface area contributed by atoms with Gasteiger partial charge in [-0.2, -0.15) is 0 Å². The highest BCUT2D eigenvalue weighted by Gasteiger charge is 2.40. The van der Waals surface area contributed by atoms with E-state index in [1.54, 1.807) is 12.1 Å². The van der Waals surface area contributed by atoms with Crippen molar-refractivity contribution in [3.05, 3.63) is 29.3 Å². The Kier molecular flexibility index (Phi) is 2.89. The number of benzene rings is 1. The van der Waals surface area contributed by atoms with Crippen molar-refractivity contribution < 1.29 is 14.4 Å². The van der Waals surface area contributed by atoms with Crippen LogP contribution in [0.25, 0.3) is 0 Å². The summed E-state index contributed by atoms with van der Waals surface area (Å²) in [5.74, 6) is 0. The van der Waals surface area contributed by atoms with Crippen LogP contribution in [0, 0.1) is 0 Å². The lowest BCUT2D eigenvalue weighted by atomic mass is 9.70. The molecule has 0 aromatic heterocycles. The van der Waals surface area contributed by atoms with Crippen LogP contribution in [0.3, 0.4) is 0 Å². The second-order valence-corrected chi connectivity index (χ2v) is 7.33. The SMILES string of the molecule is O=P(O)(O)c1ccc2c(c1)C1(CCCCC1)CC2. The van der Waals surface area contributed by atoms with Gasteiger partial charge < -0.3 is 9.79 Å². The average Bonchev–Trinajstić information content (AvgIpc) is 2.68. The molecule has 2 aliphatic rings. The van der Waals surface area contributed by atoms with Crippen LogP contribution < -0.4 is 5.30 Å². The van der Waals surface area contributed by atoms with Gasteiger partial charge in [0.25, 0.3) is 0 Å². The highest BCUT2D eigenvalue weighted by Crippen LogP contribution is 2.49. The standard InChI is InChI=1S/C14H19O3P/c15-18(16,17)12-5-4-11-6-9-14(13(11)10-12)7-2-1-3-8-14/h4-5,10H,1-3,6-9H2,(H2,15,16,17). The summed E-state index contributed by atoms with van der Waals surface area (Å²) >= 11 is 0. The molecule has 0 atom stereocenters. The topological polar surface area (TPSA) is 57.5 Å². The van der Waals surface area contributed by atoms with E-state index in [9.17, 15) is 14.4 Å². The van der Waals surface area contributed by atoms with Crippen molar-refractivity contribution in [2.75, 3.05) is 0 Å². The number of fused-ring (bicyclic) bond motifs is 2. The molecule has 1 aromatic rings. The Morgan fingerprint density at radius 1 is 1.06 bits per heavy atom. The van der Waals surface area contributed by atoms with Gasteiger partial charge in [-0.1, -0.05) is 25.3 Å². The van der Waals surface area contributed by atoms with E-state index >= 15 is 0 Å². The molecule has 2 N–H and O–H groups in total. The molecule has 1 fully saturated rings. The summed E-state index contributed by atoms with van der Waals surface area (Å²) in [4.78, 5) is 18.6. The van der Waals surface area contributed by atoms with Gasteiger partial charge >= 0.3 is 7.60 Å². The third-order valence-corrected chi connectivity index (χ3v) is 5.64. The molecule has 0 heterocycles. The maximum atomic E-state index is 11.4. The van der Waals surface area contributed by atoms with Crippen molar-refractivity contribution in [1.82, 2.24) is 0 Å². The lowest BCUT2D eigenvalue weighted by Crippen LogP contribution is -2.27. The van der Waals surface area contributed by atoms with Gasteiger partial charge in [-0.15, -0.1) is 0 Å². The lowest BCUT2D eigenvalue weighted by Gasteiger charge is -2.34. The lowest BCUT2D eigenvalue weighted by molar-refractivity contribution is 0.292. The molecule has 4 heteroatoms. The third-order valence-electron chi connectivity index (χ3n) is 4.68. The van der Waals surface area contributed by atoms with E-state index in [0.29, 0.717) is 0 Å². The van der Waals surface area contributed by atoms with Crippen LogP contribution in [0.1, 0.15) is 49.7 Å². The van der Waals surface area contributed by atoms with E-state index in [1.165, 1.54) is 43.2 Å². The van der Waals surface area contributed by atoms with Gasteiger partial charge in [0.2, 0.25) is 0 Å². The Bertz CT molecular complexity index is 506. The molecule has 1 spiro atoms. The van der Waals surface area contributed by atoms with E-state index in [2.05, 4.69) is 0 Å². The molecule has 98 valence electrons. The van der Waals surface area contributed by atoms with Crippen LogP contribution >= 0.6 is 7.60 Å². The van der Waals surface area contributed by atoms with Crippen molar-refractivity contribution >= 4 is 12.9 Å². The Labute approximate surface area is 107 Å². The van der Waals surface area contributed by atoms with Gasteiger partial charge in [-0.05, 0) is 54.4 Å². The fraction of sp³-hybridized carbons (Fsp3) is 0.571. The molecule has 0 unspecified atom stereocenters. The summed E-state index contributed by atoms with van der Waals surface area (Å²) in [5, 5.41) is 0.188. The van der Waals surface area contributed by atoms with Crippen LogP contribution in [0.5, 0.6) is 0 Å². The van der Waals surface area contributed by atoms with Crippen molar-refractivity contribution in [2.24, 2.45) is 0 Å². The monoisotopic (exact) mass is 266 g/mol. The first-order valence-corrected chi connectivity index (χ1v) is 8.32. The number of aryl methyl sites for hydroxylation is 1. The van der Waals surface area contributed by atoms with Crippen LogP contribution in [-0.4, -0.2) is 9.79 Å². The Hall–Kier alpha value is -0.630. The predicted molar refractivity (Wildman–Crippen MR) is 71.2 cm³/mol. The Balaban J connectivity index is 2.06. The van der Waals surface area contributed by atoms with Crippen LogP contribution in [-0.2, 0) is 16.4 Å². The minimum absolute atomic E-state index is 0.188. The molecule has 0 bridgehead atoms. The van der Waals surface area contributed by atoms with Gasteiger partial charge in [0.15, 0.2) is 0 Å². The molecule has 18 heavy (non-hydrogen) atoms. The molecule has 0 radical (unpaired) electrons. The molecular weight excluding hydrogens is 247 g/mol. The van der Waals surface area contributed by atoms with Crippen molar-refractivity contribution in [3.63, 3.8) is 0 Å². The molecule has 2 aliphatic carbocycles. The molecule has 0 amide bonds. The highest BCUT2D eigenvalue weighted by atomic mass is 31.2. The van der Waals surface area contributed by atoms with Gasteiger partial charge in [0.05, 0.1) is 5.30 Å². The summed E-state index contributed by atoms with van der Waals surface area (Å²) in [6.45, 7) is 0. The summed E-state index contributed by atoms with van der Waals surface area (Å²) in [5.41, 5.74) is 2.75. The number of hydrogen-bond acceptors (Lipinski definition) is 1. The molecule has 1 saturated carbocycles. The Morgan fingerprint density at radius 2 is 1.78 bits per heavy atom. The molecule has 0 saturated heterocycles. The minimum atomic E-state index is -4.12. The number of rotatable bonds is 1. The van der Waals surface area contributed by atoms with Crippen molar-refractivity contribution in [2.45, 2.75) is 50.4 Å². The van der Waals surface area contributed by atoms with Gasteiger partial charge in [-0.3, -0.25) is 4.57 Å². The maximum absolute atomic E-state index is 11.4. The zero-order valence-corrected chi connectivity index (χ0v) is 11.3. The van der Waals surface area contributed by atoms with Crippen LogP contribution in [0.15, 0.2) is 18.2 Å². The quantitative estimate of drug-likeness (QED) is 0.768. The van der Waals surface area contributed by atoms with E-state index in [0.717, 1.165) is 12.8 Å². The number of hydrogen-bond donors (Lipinski definition) is 2. The fourth-order valence-corrected chi connectivity index (χ4v) is 4.28. The third kappa shape index (κ3) is 1.95. The van der Waals surface area contributed by atoms with E-state index in [-0.39, 0.29) is 10.7 Å². The molecular formula is C14H19O3P. The molecule has 3 nitrogen and oxygen atoms in total. The molecule has 1 aromatic carbocycles. The van der Waals surface area contributed by atoms with Crippen LogP contribution in [0.2, 0.25) is 0 Å². The molecule has 3 rings (SSSR count). The summed E-state index contributed by atoms with van der Waals surface area (Å²) in [7, 11) is -4.12. The largest absolute Gasteiger partial charge is 0.356 e. The van der Waals surface area contributed by atoms with E-state index < -0.39 is 7.60 Å². The first-order valence-electron chi connectivity index (χ1n) is 6.71. The maximum Gasteiger partial charge on any atom is 0.356 e. The second-order valence-electron chi connectivity index (χ2n) is 5.73. The smallest absolute Gasteiger partial charge is 0.321 e. The van der Waals surface area contributed by atoms with E-state index in [4.69, 9.17) is 0 Å². The zero-order chi connectivity index (χ0) is 12.8. The summed E-state index contributed by atoms with van der Waals surface area (Å²) < 4.78 is 11.4. The van der Waals surface area contributed by atoms with E-state index in [1.807, 2.05) is 6.07 Å². The van der Waals surface area contributed by atoms with Crippen molar-refractivity contribution in [1.29, 1.82) is 0 Å². The first-order chi connectivity index (χ1) is 8.51. The summed E-state index contributed by atoms with van der Waals surface area (Å²) in [6, 6.07) is 5.31. The second kappa shape index (κ2) is 4.19. The van der Waals surface area contributed by atoms with Gasteiger partial charge in [-0.25, -0.2) is 0 Å². The van der Waals surface area contributed by atoms with Gasteiger partial charge in [0, 0.05) is 0 Å².